The lowest BCUT2D eigenvalue weighted by Crippen LogP contribution is -2.31. The Morgan fingerprint density at radius 2 is 1.31 bits per heavy atom. The fourth-order valence-electron chi connectivity index (χ4n) is 1.87. The van der Waals surface area contributed by atoms with Gasteiger partial charge in [-0.25, -0.2) is 0 Å². The van der Waals surface area contributed by atoms with Crippen molar-refractivity contribution in [2.75, 3.05) is 0 Å². The molecule has 0 aliphatic rings. The Balaban J connectivity index is 4.53. The van der Waals surface area contributed by atoms with Crippen LogP contribution in [0, 0.1) is 28.1 Å². The van der Waals surface area contributed by atoms with E-state index in [9.17, 15) is 0 Å². The molecule has 0 rings (SSSR count). The molecule has 0 N–H and O–H groups in total. The molecular weight excluding hydrogens is 192 g/mol. The Morgan fingerprint density at radius 3 is 1.62 bits per heavy atom. The Kier molecular flexibility index (Phi) is 5.12. The predicted molar refractivity (Wildman–Crippen MR) is 74.3 cm³/mol. The normalized spacial score (nSPS) is 16.2. The molecule has 1 atom stereocenters. The second-order valence-corrected chi connectivity index (χ2v) is 7.37. The van der Waals surface area contributed by atoms with E-state index in [1.165, 1.54) is 19.3 Å². The topological polar surface area (TPSA) is 0 Å². The van der Waals surface area contributed by atoms with Crippen molar-refractivity contribution in [3.63, 3.8) is 0 Å². The van der Waals surface area contributed by atoms with Crippen LogP contribution < -0.4 is 0 Å². The van der Waals surface area contributed by atoms with Crippen LogP contribution in [0.2, 0.25) is 0 Å². The van der Waals surface area contributed by atoms with Gasteiger partial charge in [-0.15, -0.1) is 5.92 Å². The minimum atomic E-state index is 0.146. The third-order valence-corrected chi connectivity index (χ3v) is 3.66. The van der Waals surface area contributed by atoms with Crippen molar-refractivity contribution < 1.29 is 0 Å². The van der Waals surface area contributed by atoms with E-state index in [0.29, 0.717) is 5.41 Å². The maximum absolute atomic E-state index is 3.44. The van der Waals surface area contributed by atoms with Crippen molar-refractivity contribution in [1.29, 1.82) is 0 Å². The summed E-state index contributed by atoms with van der Waals surface area (Å²) < 4.78 is 0. The van der Waals surface area contributed by atoms with Crippen LogP contribution in [0.15, 0.2) is 0 Å². The molecule has 0 aromatic heterocycles. The van der Waals surface area contributed by atoms with Gasteiger partial charge in [-0.3, -0.25) is 0 Å². The summed E-state index contributed by atoms with van der Waals surface area (Å²) in [5.74, 6) is 6.55. The van der Waals surface area contributed by atoms with E-state index in [-0.39, 0.29) is 10.8 Å². The van der Waals surface area contributed by atoms with Gasteiger partial charge in [-0.2, -0.15) is 0 Å². The first-order valence-electron chi connectivity index (χ1n) is 6.46. The molecule has 1 unspecified atom stereocenters. The van der Waals surface area contributed by atoms with Crippen molar-refractivity contribution >= 4 is 0 Å². The SMILES string of the molecule is CC#CC(C)(CCCC(C)(C)C)C(C)(C)C. The van der Waals surface area contributed by atoms with Crippen molar-refractivity contribution in [1.82, 2.24) is 0 Å². The van der Waals surface area contributed by atoms with Gasteiger partial charge >= 0.3 is 0 Å². The van der Waals surface area contributed by atoms with Crippen LogP contribution >= 0.6 is 0 Å². The third kappa shape index (κ3) is 5.06. The molecule has 0 heterocycles. The largest absolute Gasteiger partial charge is 0.106 e. The lowest BCUT2D eigenvalue weighted by Gasteiger charge is -2.38. The Hall–Kier alpha value is -0.440. The average Bonchev–Trinajstić information content (AvgIpc) is 1.99. The van der Waals surface area contributed by atoms with Crippen molar-refractivity contribution in [2.45, 2.75) is 74.7 Å². The number of hydrogen-bond donors (Lipinski definition) is 0. The first-order chi connectivity index (χ1) is 7.02. The Morgan fingerprint density at radius 1 is 0.812 bits per heavy atom. The summed E-state index contributed by atoms with van der Waals surface area (Å²) in [6.07, 6.45) is 3.75. The second kappa shape index (κ2) is 5.26. The van der Waals surface area contributed by atoms with Crippen molar-refractivity contribution in [2.24, 2.45) is 16.2 Å². The summed E-state index contributed by atoms with van der Waals surface area (Å²) in [5.41, 5.74) is 0.847. The maximum atomic E-state index is 3.44. The van der Waals surface area contributed by atoms with Crippen LogP contribution in [0.1, 0.15) is 74.7 Å². The first kappa shape index (κ1) is 15.6. The first-order valence-corrected chi connectivity index (χ1v) is 6.46. The summed E-state index contributed by atoms with van der Waals surface area (Å²) >= 11 is 0. The van der Waals surface area contributed by atoms with Gasteiger partial charge in [0.05, 0.1) is 0 Å². The van der Waals surface area contributed by atoms with E-state index in [2.05, 4.69) is 60.3 Å². The maximum Gasteiger partial charge on any atom is 0.0334 e. The molecule has 0 aliphatic heterocycles. The van der Waals surface area contributed by atoms with Crippen LogP contribution in [0.5, 0.6) is 0 Å². The molecule has 0 spiro atoms. The highest BCUT2D eigenvalue weighted by Crippen LogP contribution is 2.42. The standard InChI is InChI=1S/C16H30/c1-9-11-16(8,15(5,6)7)13-10-12-14(2,3)4/h10,12-13H2,1-8H3. The predicted octanol–water partition coefficient (Wildman–Crippen LogP) is 5.28. The zero-order valence-corrected chi connectivity index (χ0v) is 12.6. The summed E-state index contributed by atoms with van der Waals surface area (Å²) in [6, 6.07) is 0. The summed E-state index contributed by atoms with van der Waals surface area (Å²) in [4.78, 5) is 0. The lowest BCUT2D eigenvalue weighted by molar-refractivity contribution is 0.156. The highest BCUT2D eigenvalue weighted by Gasteiger charge is 2.35. The van der Waals surface area contributed by atoms with E-state index >= 15 is 0 Å². The molecule has 0 radical (unpaired) electrons. The lowest BCUT2D eigenvalue weighted by atomic mass is 9.65. The van der Waals surface area contributed by atoms with Gasteiger partial charge in [0, 0.05) is 5.41 Å². The molecule has 0 bridgehead atoms. The molecular formula is C16H30. The quantitative estimate of drug-likeness (QED) is 0.570. The van der Waals surface area contributed by atoms with Crippen molar-refractivity contribution in [3.8, 4) is 11.8 Å². The van der Waals surface area contributed by atoms with Gasteiger partial charge in [0.15, 0.2) is 0 Å². The van der Waals surface area contributed by atoms with E-state index in [1.807, 2.05) is 6.92 Å². The highest BCUT2D eigenvalue weighted by atomic mass is 14.4. The average molecular weight is 222 g/mol. The smallest absolute Gasteiger partial charge is 0.0334 e. The zero-order chi connectivity index (χ0) is 13.0. The molecule has 0 aromatic rings. The summed E-state index contributed by atoms with van der Waals surface area (Å²) in [6.45, 7) is 18.1. The molecule has 94 valence electrons. The Labute approximate surface area is 103 Å². The Bertz CT molecular complexity index is 261. The van der Waals surface area contributed by atoms with Gasteiger partial charge in [0.25, 0.3) is 0 Å². The second-order valence-electron chi connectivity index (χ2n) is 7.37. The number of hydrogen-bond acceptors (Lipinski definition) is 0. The molecule has 0 aliphatic carbocycles. The molecule has 0 saturated heterocycles. The van der Waals surface area contributed by atoms with Crippen LogP contribution in [-0.4, -0.2) is 0 Å². The highest BCUT2D eigenvalue weighted by molar-refractivity contribution is 5.13. The number of rotatable bonds is 3. The van der Waals surface area contributed by atoms with Gasteiger partial charge in [0.1, 0.15) is 0 Å². The van der Waals surface area contributed by atoms with Gasteiger partial charge in [-0.1, -0.05) is 53.9 Å². The van der Waals surface area contributed by atoms with Crippen LogP contribution in [-0.2, 0) is 0 Å². The summed E-state index contributed by atoms with van der Waals surface area (Å²) in [5, 5.41) is 0. The van der Waals surface area contributed by atoms with Gasteiger partial charge in [-0.05, 0) is 37.5 Å². The summed E-state index contributed by atoms with van der Waals surface area (Å²) in [7, 11) is 0. The molecule has 0 saturated carbocycles. The molecule has 0 aromatic carbocycles. The zero-order valence-electron chi connectivity index (χ0n) is 12.6. The molecule has 0 fully saturated rings. The molecule has 0 amide bonds. The van der Waals surface area contributed by atoms with E-state index in [0.717, 1.165) is 0 Å². The fourth-order valence-corrected chi connectivity index (χ4v) is 1.87. The van der Waals surface area contributed by atoms with E-state index < -0.39 is 0 Å². The van der Waals surface area contributed by atoms with Gasteiger partial charge < -0.3 is 0 Å². The molecule has 0 nitrogen and oxygen atoms in total. The molecule has 0 heteroatoms. The van der Waals surface area contributed by atoms with E-state index in [4.69, 9.17) is 0 Å². The van der Waals surface area contributed by atoms with E-state index in [1.54, 1.807) is 0 Å². The van der Waals surface area contributed by atoms with Crippen molar-refractivity contribution in [3.05, 3.63) is 0 Å². The fraction of sp³-hybridized carbons (Fsp3) is 0.875. The van der Waals surface area contributed by atoms with Crippen LogP contribution in [0.3, 0.4) is 0 Å². The van der Waals surface area contributed by atoms with Gasteiger partial charge in [0.2, 0.25) is 0 Å². The molecule has 16 heavy (non-hydrogen) atoms. The van der Waals surface area contributed by atoms with Crippen LogP contribution in [0.25, 0.3) is 0 Å². The van der Waals surface area contributed by atoms with Crippen LogP contribution in [0.4, 0.5) is 0 Å². The minimum absolute atomic E-state index is 0.146. The third-order valence-electron chi connectivity index (χ3n) is 3.66. The monoisotopic (exact) mass is 222 g/mol. The minimum Gasteiger partial charge on any atom is -0.106 e.